The summed E-state index contributed by atoms with van der Waals surface area (Å²) in [6.45, 7) is 13.1. The third-order valence-corrected chi connectivity index (χ3v) is 11.0. The number of hydrogen-bond acceptors (Lipinski definition) is 7. The molecule has 47 heavy (non-hydrogen) atoms. The van der Waals surface area contributed by atoms with Crippen LogP contribution in [0.15, 0.2) is 71.8 Å². The Morgan fingerprint density at radius 2 is 1.89 bits per heavy atom. The van der Waals surface area contributed by atoms with E-state index in [-0.39, 0.29) is 35.9 Å². The number of fused-ring (bicyclic) bond motifs is 2. The summed E-state index contributed by atoms with van der Waals surface area (Å²) in [6.07, 6.45) is 1.99. The molecule has 0 radical (unpaired) electrons. The fraction of sp³-hybridized carbons (Fsp3) is 0.371. The standard InChI is InChI=1S/C35H41N7O4S/c1-7-26-21-41(47(44,45)31-12-10-9-11-30(31)46-26)20-25-19-24(14-13-22(25)3)32(35(5,6)37-34(43)28-17-18-36-38-28)27-15-16-29-33(23(27)4)39-40-42(29)8-2/h9-19,26,32H,7-8,20-21H2,1-6H3,(H,36,38)(H,37,43)/t26-,32+/m1/s1. The fourth-order valence-corrected chi connectivity index (χ4v) is 8.14. The lowest BCUT2D eigenvalue weighted by atomic mass is 9.74. The minimum Gasteiger partial charge on any atom is -0.488 e. The summed E-state index contributed by atoms with van der Waals surface area (Å²) < 4.78 is 37.6. The maximum Gasteiger partial charge on any atom is 0.272 e. The van der Waals surface area contributed by atoms with E-state index in [0.717, 1.165) is 38.9 Å². The van der Waals surface area contributed by atoms with Gasteiger partial charge in [-0.05, 0) is 93.1 Å². The van der Waals surface area contributed by atoms with E-state index in [4.69, 9.17) is 4.74 Å². The van der Waals surface area contributed by atoms with E-state index < -0.39 is 15.6 Å². The number of ether oxygens (including phenoxy) is 1. The zero-order chi connectivity index (χ0) is 33.5. The van der Waals surface area contributed by atoms with Gasteiger partial charge in [-0.15, -0.1) is 5.10 Å². The van der Waals surface area contributed by atoms with Crippen LogP contribution in [0, 0.1) is 13.8 Å². The highest BCUT2D eigenvalue weighted by atomic mass is 32.2. The molecular weight excluding hydrogens is 614 g/mol. The number of para-hydroxylation sites is 1. The van der Waals surface area contributed by atoms with E-state index in [0.29, 0.717) is 24.4 Å². The Bertz CT molecular complexity index is 2040. The summed E-state index contributed by atoms with van der Waals surface area (Å²) in [5.74, 6) is -0.258. The van der Waals surface area contributed by atoms with Crippen LogP contribution in [-0.4, -0.2) is 62.0 Å². The normalized spacial score (nSPS) is 17.1. The van der Waals surface area contributed by atoms with Crippen molar-refractivity contribution in [2.24, 2.45) is 0 Å². The highest BCUT2D eigenvalue weighted by molar-refractivity contribution is 7.89. The Kier molecular flexibility index (Phi) is 8.66. The Labute approximate surface area is 275 Å². The number of sulfonamides is 1. The number of nitrogens with zero attached hydrogens (tertiary/aromatic N) is 5. The molecule has 0 saturated carbocycles. The number of rotatable bonds is 9. The van der Waals surface area contributed by atoms with Gasteiger partial charge in [-0.2, -0.15) is 9.40 Å². The number of aryl methyl sites for hydroxylation is 3. The zero-order valence-corrected chi connectivity index (χ0v) is 28.4. The lowest BCUT2D eigenvalue weighted by Crippen LogP contribution is -2.48. The molecule has 2 aromatic heterocycles. The highest BCUT2D eigenvalue weighted by Gasteiger charge is 2.38. The number of hydrogen-bond donors (Lipinski definition) is 2. The average molecular weight is 656 g/mol. The van der Waals surface area contributed by atoms with Gasteiger partial charge in [0.1, 0.15) is 28.0 Å². The van der Waals surface area contributed by atoms with Crippen LogP contribution in [0.25, 0.3) is 11.0 Å². The second-order valence-corrected chi connectivity index (χ2v) is 14.6. The summed E-state index contributed by atoms with van der Waals surface area (Å²) in [5.41, 5.74) is 5.94. The van der Waals surface area contributed by atoms with Gasteiger partial charge in [-0.25, -0.2) is 13.1 Å². The molecule has 3 heterocycles. The second kappa shape index (κ2) is 12.6. The van der Waals surface area contributed by atoms with Crippen molar-refractivity contribution in [2.45, 2.75) is 83.5 Å². The lowest BCUT2D eigenvalue weighted by molar-refractivity contribution is 0.0900. The fourth-order valence-electron chi connectivity index (χ4n) is 6.56. The zero-order valence-electron chi connectivity index (χ0n) is 27.6. The van der Waals surface area contributed by atoms with Crippen LogP contribution < -0.4 is 10.1 Å². The van der Waals surface area contributed by atoms with Gasteiger partial charge >= 0.3 is 0 Å². The summed E-state index contributed by atoms with van der Waals surface area (Å²) in [7, 11) is -3.84. The topological polar surface area (TPSA) is 135 Å². The molecule has 1 amide bonds. The minimum absolute atomic E-state index is 0.172. The molecule has 0 fully saturated rings. The number of benzene rings is 3. The van der Waals surface area contributed by atoms with Crippen LogP contribution in [0.2, 0.25) is 0 Å². The molecule has 1 aliphatic heterocycles. The highest BCUT2D eigenvalue weighted by Crippen LogP contribution is 2.40. The maximum atomic E-state index is 14.0. The smallest absolute Gasteiger partial charge is 0.272 e. The first-order valence-corrected chi connectivity index (χ1v) is 17.4. The summed E-state index contributed by atoms with van der Waals surface area (Å²) in [5, 5.41) is 18.9. The summed E-state index contributed by atoms with van der Waals surface area (Å²) in [6, 6.07) is 18.7. The van der Waals surface area contributed by atoms with Crippen molar-refractivity contribution in [1.29, 1.82) is 0 Å². The van der Waals surface area contributed by atoms with E-state index in [1.165, 1.54) is 4.31 Å². The number of carbonyl (C=O) groups excluding carboxylic acids is 1. The Morgan fingerprint density at radius 1 is 1.11 bits per heavy atom. The van der Waals surface area contributed by atoms with Gasteiger partial charge < -0.3 is 10.1 Å². The molecule has 11 nitrogen and oxygen atoms in total. The predicted octanol–water partition coefficient (Wildman–Crippen LogP) is 5.49. The Hall–Kier alpha value is -4.55. The maximum absolute atomic E-state index is 14.0. The Morgan fingerprint density at radius 3 is 2.62 bits per heavy atom. The van der Waals surface area contributed by atoms with Crippen LogP contribution in [0.5, 0.6) is 5.75 Å². The number of H-pyrrole nitrogens is 1. The monoisotopic (exact) mass is 655 g/mol. The first-order chi connectivity index (χ1) is 22.4. The first-order valence-electron chi connectivity index (χ1n) is 15.9. The van der Waals surface area contributed by atoms with Crippen molar-refractivity contribution in [3.05, 3.63) is 100 Å². The predicted molar refractivity (Wildman–Crippen MR) is 180 cm³/mol. The number of aromatic amines is 1. The molecule has 12 heteroatoms. The molecule has 0 spiro atoms. The number of aromatic nitrogens is 5. The van der Waals surface area contributed by atoms with Crippen molar-refractivity contribution < 1.29 is 17.9 Å². The molecule has 2 atom stereocenters. The lowest BCUT2D eigenvalue weighted by Gasteiger charge is -2.37. The van der Waals surface area contributed by atoms with Crippen molar-refractivity contribution in [3.63, 3.8) is 0 Å². The molecule has 5 aromatic rings. The van der Waals surface area contributed by atoms with Crippen molar-refractivity contribution in [1.82, 2.24) is 34.8 Å². The van der Waals surface area contributed by atoms with E-state index in [1.54, 1.807) is 36.5 Å². The quantitative estimate of drug-likeness (QED) is 0.214. The third kappa shape index (κ3) is 6.03. The molecule has 246 valence electrons. The molecule has 6 rings (SSSR count). The SMILES string of the molecule is CC[C@@H]1CN(Cc2cc([C@@H](c3ccc4c(nnn4CC)c3C)C(C)(C)NC(=O)c3cc[nH]n3)ccc2C)S(=O)(=O)c2ccccc2O1. The number of carbonyl (C=O) groups is 1. The largest absolute Gasteiger partial charge is 0.488 e. The van der Waals surface area contributed by atoms with E-state index >= 15 is 0 Å². The molecule has 1 aliphatic rings. The van der Waals surface area contributed by atoms with Crippen LogP contribution in [-0.2, 0) is 23.1 Å². The molecule has 0 aliphatic carbocycles. The van der Waals surface area contributed by atoms with Crippen molar-refractivity contribution >= 4 is 27.0 Å². The molecule has 3 aromatic carbocycles. The van der Waals surface area contributed by atoms with Crippen LogP contribution in [0.4, 0.5) is 0 Å². The van der Waals surface area contributed by atoms with Gasteiger partial charge in [0.2, 0.25) is 10.0 Å². The van der Waals surface area contributed by atoms with Crippen molar-refractivity contribution in [2.75, 3.05) is 6.54 Å². The van der Waals surface area contributed by atoms with Crippen molar-refractivity contribution in [3.8, 4) is 5.75 Å². The van der Waals surface area contributed by atoms with E-state index in [2.05, 4.69) is 44.0 Å². The average Bonchev–Trinajstić information content (AvgIpc) is 3.72. The van der Waals surface area contributed by atoms with Gasteiger partial charge in [-0.1, -0.05) is 48.5 Å². The van der Waals surface area contributed by atoms with E-state index in [1.807, 2.05) is 58.4 Å². The number of nitrogens with one attached hydrogen (secondary N) is 2. The first kappa shape index (κ1) is 32.4. The second-order valence-electron chi connectivity index (χ2n) is 12.7. The molecule has 0 bridgehead atoms. The Balaban J connectivity index is 1.45. The van der Waals surface area contributed by atoms with Gasteiger partial charge in [0, 0.05) is 30.7 Å². The summed E-state index contributed by atoms with van der Waals surface area (Å²) in [4.78, 5) is 13.5. The van der Waals surface area contributed by atoms with E-state index in [9.17, 15) is 13.2 Å². The van der Waals surface area contributed by atoms with Gasteiger partial charge in [0.15, 0.2) is 0 Å². The third-order valence-electron chi connectivity index (χ3n) is 9.16. The number of amides is 1. The molecule has 0 saturated heterocycles. The van der Waals surface area contributed by atoms with Crippen LogP contribution in [0.1, 0.15) is 78.3 Å². The van der Waals surface area contributed by atoms with Gasteiger partial charge in [0.25, 0.3) is 5.91 Å². The van der Waals surface area contributed by atoms with Gasteiger partial charge in [0.05, 0.1) is 12.1 Å². The molecule has 0 unspecified atom stereocenters. The molecule has 2 N–H and O–H groups in total. The minimum atomic E-state index is -3.84. The van der Waals surface area contributed by atoms with Gasteiger partial charge in [-0.3, -0.25) is 9.89 Å². The van der Waals surface area contributed by atoms with Crippen LogP contribution >= 0.6 is 0 Å². The summed E-state index contributed by atoms with van der Waals surface area (Å²) >= 11 is 0. The van der Waals surface area contributed by atoms with Crippen LogP contribution in [0.3, 0.4) is 0 Å². The molecular formula is C35H41N7O4S.